The molecule has 0 aliphatic rings. The van der Waals surface area contributed by atoms with Crippen molar-refractivity contribution in [3.8, 4) is 5.75 Å². The minimum absolute atomic E-state index is 0.338. The third-order valence-corrected chi connectivity index (χ3v) is 4.04. The Morgan fingerprint density at radius 2 is 2.33 bits per heavy atom. The van der Waals surface area contributed by atoms with Crippen LogP contribution in [-0.2, 0) is 4.79 Å². The van der Waals surface area contributed by atoms with Gasteiger partial charge in [0.1, 0.15) is 11.3 Å². The molecule has 18 heavy (non-hydrogen) atoms. The zero-order chi connectivity index (χ0) is 13.1. The van der Waals surface area contributed by atoms with Crippen molar-refractivity contribution in [1.82, 2.24) is 4.98 Å². The van der Waals surface area contributed by atoms with Crippen LogP contribution in [0.2, 0.25) is 0 Å². The van der Waals surface area contributed by atoms with Crippen LogP contribution in [0.4, 0.5) is 0 Å². The van der Waals surface area contributed by atoms with E-state index in [1.54, 1.807) is 17.4 Å². The van der Waals surface area contributed by atoms with Gasteiger partial charge in [0.15, 0.2) is 6.61 Å². The SMILES string of the molecule is CCC(C)c1nc2c(OCC(=O)O)cccc2s1. The number of benzene rings is 1. The number of fused-ring (bicyclic) bond motifs is 1. The maximum atomic E-state index is 10.5. The second kappa shape index (κ2) is 5.35. The van der Waals surface area contributed by atoms with Crippen LogP contribution in [-0.4, -0.2) is 22.7 Å². The van der Waals surface area contributed by atoms with Crippen LogP contribution in [0.1, 0.15) is 31.2 Å². The summed E-state index contributed by atoms with van der Waals surface area (Å²) in [5, 5.41) is 9.70. The van der Waals surface area contributed by atoms with Gasteiger partial charge in [-0.25, -0.2) is 9.78 Å². The van der Waals surface area contributed by atoms with Gasteiger partial charge in [0.05, 0.1) is 9.71 Å². The first kappa shape index (κ1) is 12.8. The van der Waals surface area contributed by atoms with Crippen molar-refractivity contribution >= 4 is 27.5 Å². The van der Waals surface area contributed by atoms with E-state index in [9.17, 15) is 4.79 Å². The third-order valence-electron chi connectivity index (χ3n) is 2.78. The number of ether oxygens (including phenoxy) is 1. The number of aromatic nitrogens is 1. The van der Waals surface area contributed by atoms with Crippen LogP contribution in [0.5, 0.6) is 5.75 Å². The van der Waals surface area contributed by atoms with Gasteiger partial charge < -0.3 is 9.84 Å². The zero-order valence-corrected chi connectivity index (χ0v) is 11.2. The fourth-order valence-electron chi connectivity index (χ4n) is 1.58. The number of rotatable bonds is 5. The lowest BCUT2D eigenvalue weighted by molar-refractivity contribution is -0.139. The number of carbonyl (C=O) groups is 1. The van der Waals surface area contributed by atoms with E-state index in [2.05, 4.69) is 18.8 Å². The van der Waals surface area contributed by atoms with Crippen molar-refractivity contribution in [2.24, 2.45) is 0 Å². The Hall–Kier alpha value is -1.62. The molecular weight excluding hydrogens is 250 g/mol. The Morgan fingerprint density at radius 1 is 1.56 bits per heavy atom. The molecule has 1 unspecified atom stereocenters. The predicted octanol–water partition coefficient (Wildman–Crippen LogP) is 3.27. The summed E-state index contributed by atoms with van der Waals surface area (Å²) in [5.41, 5.74) is 0.763. The molecule has 1 aromatic heterocycles. The number of hydrogen-bond donors (Lipinski definition) is 1. The highest BCUT2D eigenvalue weighted by Gasteiger charge is 2.13. The molecule has 0 fully saturated rings. The summed E-state index contributed by atoms with van der Waals surface area (Å²) in [6.45, 7) is 3.92. The van der Waals surface area contributed by atoms with Crippen LogP contribution in [0.3, 0.4) is 0 Å². The first-order valence-electron chi connectivity index (χ1n) is 5.85. The van der Waals surface area contributed by atoms with Gasteiger partial charge in [0.25, 0.3) is 0 Å². The van der Waals surface area contributed by atoms with E-state index >= 15 is 0 Å². The van der Waals surface area contributed by atoms with E-state index in [0.717, 1.165) is 21.6 Å². The minimum Gasteiger partial charge on any atom is -0.480 e. The fourth-order valence-corrected chi connectivity index (χ4v) is 2.70. The molecule has 5 heteroatoms. The van der Waals surface area contributed by atoms with Crippen LogP contribution in [0.15, 0.2) is 18.2 Å². The number of carboxylic acids is 1. The maximum Gasteiger partial charge on any atom is 0.341 e. The van der Waals surface area contributed by atoms with E-state index in [4.69, 9.17) is 9.84 Å². The lowest BCUT2D eigenvalue weighted by atomic mass is 10.1. The molecule has 1 N–H and O–H groups in total. The molecule has 2 aromatic rings. The second-order valence-electron chi connectivity index (χ2n) is 4.15. The zero-order valence-electron chi connectivity index (χ0n) is 10.3. The summed E-state index contributed by atoms with van der Waals surface area (Å²) >= 11 is 1.64. The van der Waals surface area contributed by atoms with Gasteiger partial charge in [-0.05, 0) is 18.6 Å². The normalized spacial score (nSPS) is 12.6. The van der Waals surface area contributed by atoms with Crippen molar-refractivity contribution in [1.29, 1.82) is 0 Å². The molecule has 0 aliphatic heterocycles. The van der Waals surface area contributed by atoms with Crippen molar-refractivity contribution in [2.45, 2.75) is 26.2 Å². The van der Waals surface area contributed by atoms with Crippen LogP contribution < -0.4 is 4.74 Å². The molecule has 1 aromatic carbocycles. The molecule has 0 saturated heterocycles. The third kappa shape index (κ3) is 2.61. The highest BCUT2D eigenvalue weighted by atomic mass is 32.1. The van der Waals surface area contributed by atoms with Gasteiger partial charge in [-0.1, -0.05) is 19.9 Å². The fraction of sp³-hybridized carbons (Fsp3) is 0.385. The Bertz CT molecular complexity index is 564. The highest BCUT2D eigenvalue weighted by molar-refractivity contribution is 7.18. The number of carboxylic acid groups (broad SMARTS) is 1. The van der Waals surface area contributed by atoms with Gasteiger partial charge in [-0.3, -0.25) is 0 Å². The smallest absolute Gasteiger partial charge is 0.341 e. The van der Waals surface area contributed by atoms with Crippen molar-refractivity contribution in [3.05, 3.63) is 23.2 Å². The number of nitrogens with zero attached hydrogens (tertiary/aromatic N) is 1. The Balaban J connectivity index is 2.36. The summed E-state index contributed by atoms with van der Waals surface area (Å²) in [5.74, 6) is -0.0280. The van der Waals surface area contributed by atoms with E-state index in [1.165, 1.54) is 0 Å². The average molecular weight is 265 g/mol. The summed E-state index contributed by atoms with van der Waals surface area (Å²) in [7, 11) is 0. The Kier molecular flexibility index (Phi) is 3.81. The summed E-state index contributed by atoms with van der Waals surface area (Å²) in [6, 6.07) is 5.59. The molecule has 0 aliphatic carbocycles. The first-order valence-corrected chi connectivity index (χ1v) is 6.67. The molecule has 0 spiro atoms. The second-order valence-corrected chi connectivity index (χ2v) is 5.21. The van der Waals surface area contributed by atoms with Crippen LogP contribution in [0, 0.1) is 0 Å². The van der Waals surface area contributed by atoms with Gasteiger partial charge in [-0.2, -0.15) is 0 Å². The van der Waals surface area contributed by atoms with E-state index in [1.807, 2.05) is 12.1 Å². The Labute approximate surface area is 109 Å². The molecule has 0 bridgehead atoms. The van der Waals surface area contributed by atoms with E-state index in [0.29, 0.717) is 11.7 Å². The van der Waals surface area contributed by atoms with Gasteiger partial charge in [0, 0.05) is 5.92 Å². The van der Waals surface area contributed by atoms with Crippen LogP contribution >= 0.6 is 11.3 Å². The highest BCUT2D eigenvalue weighted by Crippen LogP contribution is 2.33. The maximum absolute atomic E-state index is 10.5. The summed E-state index contributed by atoms with van der Waals surface area (Å²) in [6.07, 6.45) is 1.03. The summed E-state index contributed by atoms with van der Waals surface area (Å²) in [4.78, 5) is 15.1. The molecule has 0 saturated carbocycles. The number of para-hydroxylation sites is 1. The standard InChI is InChI=1S/C13H15NO3S/c1-3-8(2)13-14-12-9(17-7-11(15)16)5-4-6-10(12)18-13/h4-6,8H,3,7H2,1-2H3,(H,15,16). The molecule has 0 radical (unpaired) electrons. The quantitative estimate of drug-likeness (QED) is 0.901. The summed E-state index contributed by atoms with van der Waals surface area (Å²) < 4.78 is 6.29. The van der Waals surface area contributed by atoms with Crippen molar-refractivity contribution < 1.29 is 14.6 Å². The Morgan fingerprint density at radius 3 is 3.00 bits per heavy atom. The molecule has 4 nitrogen and oxygen atoms in total. The van der Waals surface area contributed by atoms with Gasteiger partial charge >= 0.3 is 5.97 Å². The monoisotopic (exact) mass is 265 g/mol. The van der Waals surface area contributed by atoms with Crippen LogP contribution in [0.25, 0.3) is 10.2 Å². The number of thiazole rings is 1. The lowest BCUT2D eigenvalue weighted by Gasteiger charge is -2.03. The topological polar surface area (TPSA) is 59.4 Å². The first-order chi connectivity index (χ1) is 8.61. The number of aliphatic carboxylic acids is 1. The minimum atomic E-state index is -0.982. The molecule has 96 valence electrons. The van der Waals surface area contributed by atoms with Gasteiger partial charge in [-0.15, -0.1) is 11.3 Å². The lowest BCUT2D eigenvalue weighted by Crippen LogP contribution is -2.09. The molecule has 1 heterocycles. The number of hydrogen-bond acceptors (Lipinski definition) is 4. The van der Waals surface area contributed by atoms with Gasteiger partial charge in [0.2, 0.25) is 0 Å². The van der Waals surface area contributed by atoms with E-state index < -0.39 is 5.97 Å². The van der Waals surface area contributed by atoms with E-state index in [-0.39, 0.29) is 6.61 Å². The largest absolute Gasteiger partial charge is 0.480 e. The predicted molar refractivity (Wildman–Crippen MR) is 71.5 cm³/mol. The molecular formula is C13H15NO3S. The van der Waals surface area contributed by atoms with Crippen molar-refractivity contribution in [2.75, 3.05) is 6.61 Å². The molecule has 1 atom stereocenters. The molecule has 2 rings (SSSR count). The average Bonchev–Trinajstić information content (AvgIpc) is 2.79. The molecule has 0 amide bonds. The van der Waals surface area contributed by atoms with Crippen molar-refractivity contribution in [3.63, 3.8) is 0 Å².